The van der Waals surface area contributed by atoms with E-state index in [1.165, 1.54) is 12.4 Å². The molecule has 0 aliphatic rings. The lowest BCUT2D eigenvalue weighted by Gasteiger charge is -1.92. The Balaban J connectivity index is 2.99. The van der Waals surface area contributed by atoms with E-state index < -0.39 is 6.56 Å². The lowest BCUT2D eigenvalue weighted by atomic mass is 10.4. The van der Waals surface area contributed by atoms with E-state index in [-0.39, 0.29) is 5.82 Å². The topological polar surface area (TPSA) is 46.0 Å². The van der Waals surface area contributed by atoms with E-state index in [2.05, 4.69) is 9.97 Å². The minimum atomic E-state index is -2.44. The minimum Gasteiger partial charge on any atom is -0.388 e. The maximum Gasteiger partial charge on any atom is 0.153 e. The van der Waals surface area contributed by atoms with Crippen molar-refractivity contribution in [2.75, 3.05) is 0 Å². The molecule has 1 rings (SSSR count). The van der Waals surface area contributed by atoms with Gasteiger partial charge in [0.2, 0.25) is 0 Å². The highest BCUT2D eigenvalue weighted by Gasteiger charge is 1.89. The van der Waals surface area contributed by atoms with Crippen molar-refractivity contribution in [2.45, 2.75) is 13.5 Å². The summed E-state index contributed by atoms with van der Waals surface area (Å²) in [6, 6.07) is 0. The van der Waals surface area contributed by atoms with Gasteiger partial charge in [0.25, 0.3) is 0 Å². The molecule has 0 fully saturated rings. The van der Waals surface area contributed by atoms with Gasteiger partial charge in [0.15, 0.2) is 5.82 Å². The molecule has 3 heteroatoms. The zero-order chi connectivity index (χ0) is 8.48. The summed E-state index contributed by atoms with van der Waals surface area (Å²) in [4.78, 5) is 7.23. The summed E-state index contributed by atoms with van der Waals surface area (Å²) < 4.78 is 13.7. The van der Waals surface area contributed by atoms with Gasteiger partial charge < -0.3 is 5.11 Å². The van der Waals surface area contributed by atoms with Crippen molar-refractivity contribution in [1.82, 2.24) is 9.97 Å². The van der Waals surface area contributed by atoms with E-state index >= 15 is 0 Å². The van der Waals surface area contributed by atoms with Crippen LogP contribution < -0.4 is 0 Å². The third-order valence-corrected chi connectivity index (χ3v) is 0.881. The molecule has 48 valence electrons. The fraction of sp³-hybridized carbons (Fsp3) is 0.333. The largest absolute Gasteiger partial charge is 0.388 e. The Morgan fingerprint density at radius 1 is 1.67 bits per heavy atom. The SMILES string of the molecule is [2H]C([2H])(O)c1ncc(C)cn1. The second-order valence-corrected chi connectivity index (χ2v) is 1.70. The Kier molecular flexibility index (Phi) is 1.12. The van der Waals surface area contributed by atoms with E-state index in [1.54, 1.807) is 6.92 Å². The molecule has 0 radical (unpaired) electrons. The molecule has 1 aromatic heterocycles. The van der Waals surface area contributed by atoms with Crippen molar-refractivity contribution in [3.8, 4) is 0 Å². The van der Waals surface area contributed by atoms with Gasteiger partial charge in [0.05, 0.1) is 2.74 Å². The van der Waals surface area contributed by atoms with Crippen LogP contribution in [0.2, 0.25) is 0 Å². The fourth-order valence-electron chi connectivity index (χ4n) is 0.450. The molecule has 0 aliphatic carbocycles. The highest BCUT2D eigenvalue weighted by atomic mass is 16.3. The molecule has 0 bridgehead atoms. The molecule has 0 saturated carbocycles. The monoisotopic (exact) mass is 126 g/mol. The molecule has 1 aromatic rings. The first-order valence-corrected chi connectivity index (χ1v) is 2.51. The Hall–Kier alpha value is -0.960. The third-order valence-electron chi connectivity index (χ3n) is 0.881. The van der Waals surface area contributed by atoms with Crippen LogP contribution in [0.25, 0.3) is 0 Å². The molecule has 0 amide bonds. The average molecular weight is 126 g/mol. The van der Waals surface area contributed by atoms with E-state index in [0.29, 0.717) is 0 Å². The van der Waals surface area contributed by atoms with Crippen LogP contribution >= 0.6 is 0 Å². The summed E-state index contributed by atoms with van der Waals surface area (Å²) in [7, 11) is 0. The maximum atomic E-state index is 8.79. The van der Waals surface area contributed by atoms with Gasteiger partial charge in [-0.05, 0) is 12.5 Å². The van der Waals surface area contributed by atoms with Crippen molar-refractivity contribution >= 4 is 0 Å². The standard InChI is InChI=1S/C6H8N2O/c1-5-2-7-6(4-9)8-3-5/h2-3,9H,4H2,1H3/i4D2. The first-order chi connectivity index (χ1) is 5.00. The van der Waals surface area contributed by atoms with Gasteiger partial charge in [-0.3, -0.25) is 0 Å². The van der Waals surface area contributed by atoms with Crippen LogP contribution in [-0.2, 0) is 6.56 Å². The van der Waals surface area contributed by atoms with Crippen LogP contribution in [0.1, 0.15) is 14.1 Å². The van der Waals surface area contributed by atoms with Gasteiger partial charge in [-0.25, -0.2) is 9.97 Å². The molecule has 0 atom stereocenters. The second-order valence-electron chi connectivity index (χ2n) is 1.70. The van der Waals surface area contributed by atoms with Crippen LogP contribution in [0.3, 0.4) is 0 Å². The zero-order valence-electron chi connectivity index (χ0n) is 7.00. The van der Waals surface area contributed by atoms with E-state index in [4.69, 9.17) is 7.85 Å². The molecule has 0 saturated heterocycles. The number of aromatic nitrogens is 2. The summed E-state index contributed by atoms with van der Waals surface area (Å²) >= 11 is 0. The summed E-state index contributed by atoms with van der Waals surface area (Å²) in [6.45, 7) is -0.648. The molecule has 3 nitrogen and oxygen atoms in total. The van der Waals surface area contributed by atoms with Crippen molar-refractivity contribution < 1.29 is 7.85 Å². The number of rotatable bonds is 1. The summed E-state index contributed by atoms with van der Waals surface area (Å²) in [5, 5.41) is 8.79. The Morgan fingerprint density at radius 2 is 2.22 bits per heavy atom. The molecular formula is C6H8N2O. The van der Waals surface area contributed by atoms with E-state index in [9.17, 15) is 0 Å². The minimum absolute atomic E-state index is 0.205. The van der Waals surface area contributed by atoms with Crippen LogP contribution in [0.15, 0.2) is 12.4 Å². The molecule has 9 heavy (non-hydrogen) atoms. The Bertz CT molecular complexity index is 242. The summed E-state index contributed by atoms with van der Waals surface area (Å²) in [6.07, 6.45) is 2.91. The molecule has 0 spiro atoms. The number of aryl methyl sites for hydroxylation is 1. The number of hydrogen-bond donors (Lipinski definition) is 1. The molecule has 1 heterocycles. The predicted octanol–water partition coefficient (Wildman–Crippen LogP) is 0.277. The van der Waals surface area contributed by atoms with Gasteiger partial charge in [0.1, 0.15) is 6.56 Å². The van der Waals surface area contributed by atoms with Crippen LogP contribution in [0, 0.1) is 6.92 Å². The van der Waals surface area contributed by atoms with Gasteiger partial charge >= 0.3 is 0 Å². The lowest BCUT2D eigenvalue weighted by Crippen LogP contribution is -1.92. The van der Waals surface area contributed by atoms with Crippen molar-refractivity contribution in [2.24, 2.45) is 0 Å². The van der Waals surface area contributed by atoms with Crippen molar-refractivity contribution in [1.29, 1.82) is 0 Å². The first kappa shape index (κ1) is 3.95. The van der Waals surface area contributed by atoms with Gasteiger partial charge in [-0.15, -0.1) is 0 Å². The molecule has 0 aromatic carbocycles. The fourth-order valence-corrected chi connectivity index (χ4v) is 0.450. The summed E-state index contributed by atoms with van der Waals surface area (Å²) in [5.41, 5.74) is 0.831. The first-order valence-electron chi connectivity index (χ1n) is 3.51. The third kappa shape index (κ3) is 1.47. The highest BCUT2D eigenvalue weighted by molar-refractivity contribution is 5.00. The lowest BCUT2D eigenvalue weighted by molar-refractivity contribution is 0.271. The van der Waals surface area contributed by atoms with Gasteiger partial charge in [-0.2, -0.15) is 0 Å². The molecule has 1 N–H and O–H groups in total. The molecular weight excluding hydrogens is 116 g/mol. The smallest absolute Gasteiger partial charge is 0.153 e. The van der Waals surface area contributed by atoms with E-state index in [1.807, 2.05) is 0 Å². The van der Waals surface area contributed by atoms with Crippen molar-refractivity contribution in [3.05, 3.63) is 23.8 Å². The quantitative estimate of drug-likeness (QED) is 0.587. The predicted molar refractivity (Wildman–Crippen MR) is 32.7 cm³/mol. The number of aliphatic hydroxyl groups is 1. The van der Waals surface area contributed by atoms with E-state index in [0.717, 1.165) is 5.56 Å². The molecule has 0 unspecified atom stereocenters. The Labute approximate surface area is 56.2 Å². The van der Waals surface area contributed by atoms with Crippen molar-refractivity contribution in [3.63, 3.8) is 0 Å². The maximum absolute atomic E-state index is 8.79. The van der Waals surface area contributed by atoms with Crippen LogP contribution in [0.4, 0.5) is 0 Å². The second kappa shape index (κ2) is 2.55. The average Bonchev–Trinajstić information content (AvgIpc) is 1.86. The van der Waals surface area contributed by atoms with Gasteiger partial charge in [0, 0.05) is 12.4 Å². The zero-order valence-corrected chi connectivity index (χ0v) is 5.00. The molecule has 0 aliphatic heterocycles. The number of nitrogens with zero attached hydrogens (tertiary/aromatic N) is 2. The number of hydrogen-bond acceptors (Lipinski definition) is 3. The Morgan fingerprint density at radius 3 is 2.67 bits per heavy atom. The van der Waals surface area contributed by atoms with Gasteiger partial charge in [-0.1, -0.05) is 0 Å². The van der Waals surface area contributed by atoms with Crippen LogP contribution in [0.5, 0.6) is 0 Å². The highest BCUT2D eigenvalue weighted by Crippen LogP contribution is 1.91. The summed E-state index contributed by atoms with van der Waals surface area (Å²) in [5.74, 6) is -0.205. The normalized spacial score (nSPS) is 14.4. The van der Waals surface area contributed by atoms with Crippen LogP contribution in [-0.4, -0.2) is 15.1 Å².